The lowest BCUT2D eigenvalue weighted by Crippen LogP contribution is -2.02. The van der Waals surface area contributed by atoms with Crippen molar-refractivity contribution in [2.24, 2.45) is 0 Å². The second-order valence-corrected chi connectivity index (χ2v) is 11.4. The molecule has 2 heterocycles. The smallest absolute Gasteiger partial charge is 0.163 e. The van der Waals surface area contributed by atoms with E-state index in [1.54, 1.807) is 56.3 Å². The van der Waals surface area contributed by atoms with Crippen LogP contribution in [0.3, 0.4) is 0 Å². The summed E-state index contributed by atoms with van der Waals surface area (Å²) < 4.78 is 2.01. The molecule has 0 saturated carbocycles. The predicted octanol–water partition coefficient (Wildman–Crippen LogP) is 7.94. The molecule has 0 N–H and O–H groups in total. The first-order valence-electron chi connectivity index (χ1n) is 15.1. The molecule has 0 radical (unpaired) electrons. The standard InChI is InChI=1S/C40H21N9/c1-23-46-24(2)48-40(47-23)29-5-6-30(20-43)37(17-29)49-38-15-27(33-9-3-25(18-41)13-31(33)21-44)7-11-35(38)36-12-8-28(16-39(36)49)34-10-4-26(19-42)14-32(34)22-45/h3-17H,1-2H3. The van der Waals surface area contributed by atoms with Gasteiger partial charge in [-0.1, -0.05) is 36.4 Å². The lowest BCUT2D eigenvalue weighted by molar-refractivity contribution is 0.928. The van der Waals surface area contributed by atoms with Gasteiger partial charge >= 0.3 is 0 Å². The average molecular weight is 628 g/mol. The van der Waals surface area contributed by atoms with Gasteiger partial charge in [0, 0.05) is 16.3 Å². The summed E-state index contributed by atoms with van der Waals surface area (Å²) in [7, 11) is 0. The maximum absolute atomic E-state index is 10.4. The van der Waals surface area contributed by atoms with Gasteiger partial charge in [-0.15, -0.1) is 0 Å². The SMILES string of the molecule is Cc1nc(C)nc(-c2ccc(C#N)c(-n3c4cc(-c5ccc(C#N)cc5C#N)ccc4c4ccc(-c5ccc(C#N)cc5C#N)cc43)c2)n1. The number of nitriles is 5. The quantitative estimate of drug-likeness (QED) is 0.190. The third-order valence-corrected chi connectivity index (χ3v) is 8.40. The summed E-state index contributed by atoms with van der Waals surface area (Å²) in [4.78, 5) is 13.4. The van der Waals surface area contributed by atoms with Crippen LogP contribution in [0.2, 0.25) is 0 Å². The summed E-state index contributed by atoms with van der Waals surface area (Å²) in [5, 5.41) is 50.9. The Kier molecular flexibility index (Phi) is 7.32. The lowest BCUT2D eigenvalue weighted by atomic mass is 9.96. The van der Waals surface area contributed by atoms with Crippen LogP contribution in [0.4, 0.5) is 0 Å². The Morgan fingerprint density at radius 3 is 1.43 bits per heavy atom. The van der Waals surface area contributed by atoms with Crippen LogP contribution in [-0.2, 0) is 0 Å². The fraction of sp³-hybridized carbons (Fsp3) is 0.0500. The second kappa shape index (κ2) is 11.9. The van der Waals surface area contributed by atoms with Crippen molar-refractivity contribution in [1.82, 2.24) is 19.5 Å². The third-order valence-electron chi connectivity index (χ3n) is 8.40. The van der Waals surface area contributed by atoms with Gasteiger partial charge in [0.15, 0.2) is 5.82 Å². The highest BCUT2D eigenvalue weighted by atomic mass is 15.0. The van der Waals surface area contributed by atoms with E-state index in [2.05, 4.69) is 45.3 Å². The van der Waals surface area contributed by atoms with E-state index in [9.17, 15) is 26.3 Å². The van der Waals surface area contributed by atoms with Gasteiger partial charge in [0.2, 0.25) is 0 Å². The number of rotatable bonds is 4. The second-order valence-electron chi connectivity index (χ2n) is 11.4. The fourth-order valence-electron chi connectivity index (χ4n) is 6.22. The molecular formula is C40H21N9. The summed E-state index contributed by atoms with van der Waals surface area (Å²) in [5.41, 5.74) is 7.62. The van der Waals surface area contributed by atoms with E-state index in [0.29, 0.717) is 67.7 Å². The minimum Gasteiger partial charge on any atom is -0.308 e. The van der Waals surface area contributed by atoms with Crippen molar-refractivity contribution in [3.8, 4) is 69.7 Å². The normalized spacial score (nSPS) is 10.6. The predicted molar refractivity (Wildman–Crippen MR) is 184 cm³/mol. The monoisotopic (exact) mass is 627 g/mol. The molecule has 9 heteroatoms. The molecule has 2 aromatic heterocycles. The Hall–Kier alpha value is -7.64. The van der Waals surface area contributed by atoms with Crippen molar-refractivity contribution < 1.29 is 0 Å². The molecule has 5 aromatic carbocycles. The van der Waals surface area contributed by atoms with Crippen LogP contribution in [0.5, 0.6) is 0 Å². The van der Waals surface area contributed by atoms with E-state index in [1.807, 2.05) is 53.1 Å². The molecule has 0 unspecified atom stereocenters. The molecule has 0 fully saturated rings. The van der Waals surface area contributed by atoms with Crippen LogP contribution in [0, 0.1) is 70.5 Å². The van der Waals surface area contributed by atoms with Crippen molar-refractivity contribution in [2.75, 3.05) is 0 Å². The molecular weight excluding hydrogens is 607 g/mol. The molecule has 0 aliphatic carbocycles. The van der Waals surface area contributed by atoms with Crippen molar-refractivity contribution >= 4 is 21.8 Å². The van der Waals surface area contributed by atoms with Crippen molar-refractivity contribution in [2.45, 2.75) is 13.8 Å². The first kappa shape index (κ1) is 30.0. The summed E-state index contributed by atoms with van der Waals surface area (Å²) in [6.45, 7) is 3.60. The van der Waals surface area contributed by atoms with Crippen LogP contribution in [-0.4, -0.2) is 19.5 Å². The molecule has 7 rings (SSSR count). The highest BCUT2D eigenvalue weighted by Gasteiger charge is 2.20. The van der Waals surface area contributed by atoms with Gasteiger partial charge in [-0.05, 0) is 90.7 Å². The number of aromatic nitrogens is 4. The number of aryl methyl sites for hydroxylation is 2. The molecule has 0 saturated heterocycles. The first-order chi connectivity index (χ1) is 23.8. The number of fused-ring (bicyclic) bond motifs is 3. The van der Waals surface area contributed by atoms with Crippen molar-refractivity contribution in [1.29, 1.82) is 26.3 Å². The maximum Gasteiger partial charge on any atom is 0.163 e. The Bertz CT molecular complexity index is 2600. The summed E-state index contributed by atoms with van der Waals surface area (Å²) in [6, 6.07) is 38.3. The third kappa shape index (κ3) is 5.15. The van der Waals surface area contributed by atoms with Crippen LogP contribution < -0.4 is 0 Å². The van der Waals surface area contributed by atoms with E-state index >= 15 is 0 Å². The van der Waals surface area contributed by atoms with Gasteiger partial charge in [-0.25, -0.2) is 15.0 Å². The Morgan fingerprint density at radius 1 is 0.469 bits per heavy atom. The molecule has 226 valence electrons. The molecule has 0 aliphatic heterocycles. The molecule has 0 spiro atoms. The highest BCUT2D eigenvalue weighted by molar-refractivity contribution is 6.11. The molecule has 0 atom stereocenters. The lowest BCUT2D eigenvalue weighted by Gasteiger charge is -2.14. The average Bonchev–Trinajstić information content (AvgIpc) is 3.46. The zero-order valence-corrected chi connectivity index (χ0v) is 26.2. The molecule has 0 bridgehead atoms. The van der Waals surface area contributed by atoms with Gasteiger partial charge in [0.1, 0.15) is 17.7 Å². The van der Waals surface area contributed by atoms with Crippen molar-refractivity contribution in [3.63, 3.8) is 0 Å². The van der Waals surface area contributed by atoms with Crippen LogP contribution >= 0.6 is 0 Å². The fourth-order valence-corrected chi connectivity index (χ4v) is 6.22. The summed E-state index contributed by atoms with van der Waals surface area (Å²) >= 11 is 0. The van der Waals surface area contributed by atoms with E-state index < -0.39 is 0 Å². The first-order valence-corrected chi connectivity index (χ1v) is 15.1. The maximum atomic E-state index is 10.4. The minimum atomic E-state index is 0.369. The Balaban J connectivity index is 1.57. The molecule has 9 nitrogen and oxygen atoms in total. The van der Waals surface area contributed by atoms with Gasteiger partial charge in [0.25, 0.3) is 0 Å². The minimum absolute atomic E-state index is 0.369. The van der Waals surface area contributed by atoms with Gasteiger partial charge < -0.3 is 4.57 Å². The van der Waals surface area contributed by atoms with E-state index in [4.69, 9.17) is 0 Å². The number of benzene rings is 5. The van der Waals surface area contributed by atoms with E-state index in [1.165, 1.54) is 0 Å². The topological polar surface area (TPSA) is 163 Å². The van der Waals surface area contributed by atoms with E-state index in [0.717, 1.165) is 32.9 Å². The summed E-state index contributed by atoms with van der Waals surface area (Å²) in [5.74, 6) is 1.63. The number of hydrogen-bond donors (Lipinski definition) is 0. The largest absolute Gasteiger partial charge is 0.308 e. The van der Waals surface area contributed by atoms with Crippen molar-refractivity contribution in [3.05, 3.63) is 130 Å². The van der Waals surface area contributed by atoms with E-state index in [-0.39, 0.29) is 0 Å². The molecule has 49 heavy (non-hydrogen) atoms. The Labute approximate surface area is 281 Å². The number of hydrogen-bond acceptors (Lipinski definition) is 8. The molecule has 7 aromatic rings. The highest BCUT2D eigenvalue weighted by Crippen LogP contribution is 2.39. The zero-order chi connectivity index (χ0) is 34.2. The Morgan fingerprint density at radius 2 is 0.959 bits per heavy atom. The van der Waals surface area contributed by atoms with Crippen LogP contribution in [0.15, 0.2) is 91.0 Å². The van der Waals surface area contributed by atoms with Gasteiger partial charge in [-0.3, -0.25) is 0 Å². The van der Waals surface area contributed by atoms with Crippen LogP contribution in [0.1, 0.15) is 39.5 Å². The molecule has 0 aliphatic rings. The zero-order valence-electron chi connectivity index (χ0n) is 26.2. The number of nitrogens with zero attached hydrogens (tertiary/aromatic N) is 9. The van der Waals surface area contributed by atoms with Gasteiger partial charge in [-0.2, -0.15) is 26.3 Å². The molecule has 0 amide bonds. The van der Waals surface area contributed by atoms with Crippen LogP contribution in [0.25, 0.3) is 61.1 Å². The van der Waals surface area contributed by atoms with Gasteiger partial charge in [0.05, 0.1) is 68.8 Å². The summed E-state index contributed by atoms with van der Waals surface area (Å²) in [6.07, 6.45) is 0.